The number of halogens is 1. The van der Waals surface area contributed by atoms with Crippen LogP contribution in [0.25, 0.3) is 16.9 Å². The summed E-state index contributed by atoms with van der Waals surface area (Å²) in [6.45, 7) is 3.96. The maximum Gasteiger partial charge on any atom is 0.151 e. The van der Waals surface area contributed by atoms with E-state index in [0.29, 0.717) is 29.2 Å². The topological polar surface area (TPSA) is 80.0 Å². The fraction of sp³-hybridized carbons (Fsp3) is 0.364. The first kappa shape index (κ1) is 20.0. The Balaban J connectivity index is 1.55. The number of phenolic OH excluding ortho intramolecular Hbond substituents is 1. The van der Waals surface area contributed by atoms with E-state index in [0.717, 1.165) is 6.42 Å². The molecule has 0 amide bonds. The molecule has 0 fully saturated rings. The highest BCUT2D eigenvalue weighted by molar-refractivity contribution is 5.69. The molecular weight excluding hydrogens is 383 g/mol. The minimum atomic E-state index is -0.993. The lowest BCUT2D eigenvalue weighted by Gasteiger charge is -2.41. The minimum Gasteiger partial charge on any atom is -0.507 e. The van der Waals surface area contributed by atoms with Crippen molar-refractivity contribution in [1.29, 1.82) is 0 Å². The predicted octanol–water partition coefficient (Wildman–Crippen LogP) is 3.95. The molecule has 30 heavy (non-hydrogen) atoms. The smallest absolute Gasteiger partial charge is 0.151 e. The fourth-order valence-electron chi connectivity index (χ4n) is 3.85. The highest BCUT2D eigenvalue weighted by Crippen LogP contribution is 2.39. The van der Waals surface area contributed by atoms with Gasteiger partial charge in [0.15, 0.2) is 5.82 Å². The fourth-order valence-corrected chi connectivity index (χ4v) is 3.85. The van der Waals surface area contributed by atoms with Gasteiger partial charge >= 0.3 is 0 Å². The van der Waals surface area contributed by atoms with Crippen molar-refractivity contribution in [2.75, 3.05) is 11.9 Å². The zero-order valence-electron chi connectivity index (χ0n) is 17.3. The number of nitrogens with zero attached hydrogens (tertiary/aromatic N) is 6. The number of hydrogen-bond donors (Lipinski definition) is 1. The molecule has 8 heteroatoms. The van der Waals surface area contributed by atoms with Crippen LogP contribution in [0.15, 0.2) is 54.9 Å². The van der Waals surface area contributed by atoms with Crippen LogP contribution in [0.5, 0.6) is 5.75 Å². The lowest BCUT2D eigenvalue weighted by atomic mass is 9.74. The van der Waals surface area contributed by atoms with Gasteiger partial charge in [-0.3, -0.25) is 0 Å². The van der Waals surface area contributed by atoms with Gasteiger partial charge in [-0.25, -0.2) is 9.07 Å². The molecule has 0 bridgehead atoms. The number of hydrogen-bond acceptors (Lipinski definition) is 6. The predicted molar refractivity (Wildman–Crippen MR) is 113 cm³/mol. The third-order valence-corrected chi connectivity index (χ3v) is 6.06. The number of benzene rings is 1. The monoisotopic (exact) mass is 408 g/mol. The van der Waals surface area contributed by atoms with E-state index >= 15 is 4.39 Å². The van der Waals surface area contributed by atoms with Gasteiger partial charge in [-0.1, -0.05) is 31.2 Å². The molecule has 3 aromatic rings. The standard InChI is InChI=1S/C22H25FN6O/c1-4-22(2)11-5-6-18(21(22)23)28(3)20-10-9-17(25-26-20)16-8-7-15(14-19(16)30)29-13-12-24-27-29/h5,7-14,18,21,30H,4,6H2,1-3H3/t18-,21+,22+/m0/s1. The van der Waals surface area contributed by atoms with Gasteiger partial charge in [0, 0.05) is 24.1 Å². The van der Waals surface area contributed by atoms with Crippen LogP contribution in [0.3, 0.4) is 0 Å². The van der Waals surface area contributed by atoms with Crippen LogP contribution in [0.1, 0.15) is 26.7 Å². The van der Waals surface area contributed by atoms with Crippen molar-refractivity contribution in [1.82, 2.24) is 25.2 Å². The molecule has 0 unspecified atom stereocenters. The molecular formula is C22H25FN6O. The van der Waals surface area contributed by atoms with Gasteiger partial charge in [-0.05, 0) is 37.1 Å². The van der Waals surface area contributed by atoms with Crippen molar-refractivity contribution in [3.05, 3.63) is 54.9 Å². The first-order valence-corrected chi connectivity index (χ1v) is 10.0. The Morgan fingerprint density at radius 1 is 1.27 bits per heavy atom. The lowest BCUT2D eigenvalue weighted by molar-refractivity contribution is 0.126. The van der Waals surface area contributed by atoms with Gasteiger partial charge in [0.2, 0.25) is 0 Å². The van der Waals surface area contributed by atoms with Crippen LogP contribution in [-0.2, 0) is 0 Å². The Morgan fingerprint density at radius 2 is 2.10 bits per heavy atom. The second-order valence-electron chi connectivity index (χ2n) is 7.90. The summed E-state index contributed by atoms with van der Waals surface area (Å²) in [7, 11) is 1.85. The Bertz CT molecular complexity index is 1040. The SMILES string of the molecule is CC[C@]1(C)C=CC[C@H](N(C)c2ccc(-c3ccc(-n4ccnn4)cc3O)nn2)[C@H]1F. The van der Waals surface area contributed by atoms with Gasteiger partial charge in [0.25, 0.3) is 0 Å². The van der Waals surface area contributed by atoms with E-state index in [1.54, 1.807) is 41.3 Å². The summed E-state index contributed by atoms with van der Waals surface area (Å²) in [6.07, 6.45) is 7.68. The van der Waals surface area contributed by atoms with Crippen molar-refractivity contribution in [3.8, 4) is 22.7 Å². The zero-order valence-corrected chi connectivity index (χ0v) is 17.3. The second-order valence-corrected chi connectivity index (χ2v) is 7.90. The Labute approximate surface area is 174 Å². The van der Waals surface area contributed by atoms with Gasteiger partial charge in [0.1, 0.15) is 11.9 Å². The van der Waals surface area contributed by atoms with Gasteiger partial charge in [0.05, 0.1) is 29.8 Å². The molecule has 0 aliphatic heterocycles. The molecule has 1 aliphatic rings. The summed E-state index contributed by atoms with van der Waals surface area (Å²) in [5.41, 5.74) is 1.32. The Kier molecular flexibility index (Phi) is 5.24. The van der Waals surface area contributed by atoms with Gasteiger partial charge < -0.3 is 10.0 Å². The normalized spacial score (nSPS) is 23.5. The number of allylic oxidation sites excluding steroid dienone is 1. The van der Waals surface area contributed by atoms with E-state index in [-0.39, 0.29) is 11.8 Å². The molecule has 2 heterocycles. The van der Waals surface area contributed by atoms with E-state index in [1.807, 2.05) is 37.9 Å². The molecule has 0 radical (unpaired) electrons. The van der Waals surface area contributed by atoms with E-state index in [1.165, 1.54) is 0 Å². The largest absolute Gasteiger partial charge is 0.507 e. The second kappa shape index (κ2) is 7.85. The van der Waals surface area contributed by atoms with Gasteiger partial charge in [-0.15, -0.1) is 15.3 Å². The number of aromatic hydroxyl groups is 1. The third kappa shape index (κ3) is 3.53. The zero-order chi connectivity index (χ0) is 21.3. The molecule has 1 N–H and O–H groups in total. The maximum atomic E-state index is 15.2. The van der Waals surface area contributed by atoms with Crippen LogP contribution >= 0.6 is 0 Å². The molecule has 156 valence electrons. The van der Waals surface area contributed by atoms with Crippen molar-refractivity contribution < 1.29 is 9.50 Å². The first-order chi connectivity index (χ1) is 14.4. The van der Waals surface area contributed by atoms with E-state index in [2.05, 4.69) is 26.6 Å². The van der Waals surface area contributed by atoms with Gasteiger partial charge in [-0.2, -0.15) is 0 Å². The number of phenols is 1. The third-order valence-electron chi connectivity index (χ3n) is 6.06. The summed E-state index contributed by atoms with van der Waals surface area (Å²) in [4.78, 5) is 1.85. The Morgan fingerprint density at radius 3 is 2.73 bits per heavy atom. The molecule has 1 aromatic carbocycles. The van der Waals surface area contributed by atoms with Crippen LogP contribution < -0.4 is 4.90 Å². The van der Waals surface area contributed by atoms with Crippen LogP contribution in [0.4, 0.5) is 10.2 Å². The van der Waals surface area contributed by atoms with Crippen molar-refractivity contribution >= 4 is 5.82 Å². The minimum absolute atomic E-state index is 0.0679. The molecule has 4 rings (SSSR count). The van der Waals surface area contributed by atoms with E-state index in [9.17, 15) is 5.11 Å². The van der Waals surface area contributed by atoms with Crippen LogP contribution in [-0.4, -0.2) is 49.6 Å². The molecule has 0 saturated carbocycles. The van der Waals surface area contributed by atoms with Crippen LogP contribution in [0.2, 0.25) is 0 Å². The van der Waals surface area contributed by atoms with Crippen molar-refractivity contribution in [3.63, 3.8) is 0 Å². The average Bonchev–Trinajstić information content (AvgIpc) is 3.30. The summed E-state index contributed by atoms with van der Waals surface area (Å²) in [5, 5.41) is 26.7. The van der Waals surface area contributed by atoms with Crippen molar-refractivity contribution in [2.45, 2.75) is 38.9 Å². The number of alkyl halides is 1. The number of aromatic nitrogens is 5. The quantitative estimate of drug-likeness (QED) is 0.644. The van der Waals surface area contributed by atoms with Crippen molar-refractivity contribution in [2.24, 2.45) is 5.41 Å². The molecule has 2 aromatic heterocycles. The summed E-state index contributed by atoms with van der Waals surface area (Å²) in [5.74, 6) is 0.664. The highest BCUT2D eigenvalue weighted by Gasteiger charge is 2.40. The van der Waals surface area contributed by atoms with E-state index in [4.69, 9.17) is 0 Å². The molecule has 3 atom stereocenters. The first-order valence-electron chi connectivity index (χ1n) is 10.0. The molecule has 0 saturated heterocycles. The Hall–Kier alpha value is -3.29. The summed E-state index contributed by atoms with van der Waals surface area (Å²) < 4.78 is 16.8. The molecule has 0 spiro atoms. The van der Waals surface area contributed by atoms with Crippen LogP contribution in [0, 0.1) is 5.41 Å². The highest BCUT2D eigenvalue weighted by atomic mass is 19.1. The lowest BCUT2D eigenvalue weighted by Crippen LogP contribution is -2.48. The summed E-state index contributed by atoms with van der Waals surface area (Å²) >= 11 is 0. The maximum absolute atomic E-state index is 15.2. The molecule has 7 nitrogen and oxygen atoms in total. The number of rotatable bonds is 5. The number of anilines is 1. The van der Waals surface area contributed by atoms with E-state index < -0.39 is 11.6 Å². The average molecular weight is 408 g/mol. The summed E-state index contributed by atoms with van der Waals surface area (Å²) in [6, 6.07) is 8.47. The molecule has 1 aliphatic carbocycles.